The van der Waals surface area contributed by atoms with Crippen molar-refractivity contribution in [1.29, 1.82) is 0 Å². The number of ether oxygens (including phenoxy) is 4. The molecule has 2 heterocycles. The van der Waals surface area contributed by atoms with Gasteiger partial charge in [0.05, 0.1) is 19.8 Å². The van der Waals surface area contributed by atoms with E-state index in [1.807, 2.05) is 0 Å². The summed E-state index contributed by atoms with van der Waals surface area (Å²) in [6, 6.07) is 0. The second kappa shape index (κ2) is 6.88. The van der Waals surface area contributed by atoms with E-state index in [2.05, 4.69) is 0 Å². The lowest BCUT2D eigenvalue weighted by molar-refractivity contribution is -0.208. The van der Waals surface area contributed by atoms with Crippen molar-refractivity contribution < 1.29 is 44.5 Å². The maximum atomic E-state index is 9.92. The fourth-order valence-corrected chi connectivity index (χ4v) is 2.24. The van der Waals surface area contributed by atoms with Crippen molar-refractivity contribution in [1.82, 2.24) is 0 Å². The largest absolute Gasteiger partial charge is 0.506 e. The summed E-state index contributed by atoms with van der Waals surface area (Å²) >= 11 is 0. The molecule has 1 saturated heterocycles. The molecule has 0 aliphatic carbocycles. The van der Waals surface area contributed by atoms with Gasteiger partial charge < -0.3 is 44.5 Å². The fraction of sp³-hybridized carbons (Fsp3) is 0.833. The Bertz CT molecular complexity index is 385. The summed E-state index contributed by atoms with van der Waals surface area (Å²) in [5.74, 6) is -0.588. The van der Waals surface area contributed by atoms with Gasteiger partial charge in [-0.05, 0) is 0 Å². The standard InChI is InChI=1S/C12H20O9/c1-18-3-6-10(16)11(12(17)21-6)20-7-4-19-5(2-13)8(14)9(7)15/h5-9,12-17H,2-4H2,1H3. The predicted octanol–water partition coefficient (Wildman–Crippen LogP) is -2.38. The van der Waals surface area contributed by atoms with Crippen LogP contribution in [0.15, 0.2) is 11.5 Å². The van der Waals surface area contributed by atoms with Gasteiger partial charge in [-0.2, -0.15) is 0 Å². The Hall–Kier alpha value is -0.940. The number of hydrogen-bond donors (Lipinski definition) is 5. The van der Waals surface area contributed by atoms with Crippen molar-refractivity contribution in [2.24, 2.45) is 0 Å². The van der Waals surface area contributed by atoms with Gasteiger partial charge in [0.25, 0.3) is 0 Å². The summed E-state index contributed by atoms with van der Waals surface area (Å²) < 4.78 is 20.3. The van der Waals surface area contributed by atoms with Crippen LogP contribution in [0.1, 0.15) is 0 Å². The van der Waals surface area contributed by atoms with Crippen LogP contribution in [0, 0.1) is 0 Å². The highest BCUT2D eigenvalue weighted by Gasteiger charge is 2.43. The van der Waals surface area contributed by atoms with E-state index in [9.17, 15) is 20.4 Å². The Balaban J connectivity index is 2.04. The third-order valence-corrected chi connectivity index (χ3v) is 3.44. The van der Waals surface area contributed by atoms with E-state index in [1.165, 1.54) is 7.11 Å². The highest BCUT2D eigenvalue weighted by molar-refractivity contribution is 5.14. The molecule has 0 bridgehead atoms. The number of aliphatic hydroxyl groups excluding tert-OH is 5. The molecule has 2 rings (SSSR count). The lowest BCUT2D eigenvalue weighted by atomic mass is 10.0. The lowest BCUT2D eigenvalue weighted by Gasteiger charge is -2.37. The highest BCUT2D eigenvalue weighted by Crippen LogP contribution is 2.29. The molecule has 6 atom stereocenters. The van der Waals surface area contributed by atoms with Crippen LogP contribution in [0.4, 0.5) is 0 Å². The van der Waals surface area contributed by atoms with Crippen molar-refractivity contribution in [2.75, 3.05) is 26.9 Å². The van der Waals surface area contributed by atoms with Crippen molar-refractivity contribution in [3.63, 3.8) is 0 Å². The summed E-state index contributed by atoms with van der Waals surface area (Å²) in [4.78, 5) is 0. The Kier molecular flexibility index (Phi) is 5.38. The minimum absolute atomic E-state index is 0.0225. The molecule has 2 aliphatic rings. The zero-order valence-corrected chi connectivity index (χ0v) is 11.5. The second-order valence-corrected chi connectivity index (χ2v) is 4.87. The van der Waals surface area contributed by atoms with Crippen molar-refractivity contribution in [3.05, 3.63) is 11.5 Å². The normalized spacial score (nSPS) is 40.6. The molecule has 5 N–H and O–H groups in total. The Morgan fingerprint density at radius 3 is 2.57 bits per heavy atom. The highest BCUT2D eigenvalue weighted by atomic mass is 16.7. The number of rotatable bonds is 5. The van der Waals surface area contributed by atoms with Crippen LogP contribution in [0.25, 0.3) is 0 Å². The minimum atomic E-state index is -1.50. The summed E-state index contributed by atoms with van der Waals surface area (Å²) in [6.07, 6.45) is -6.97. The molecular weight excluding hydrogens is 288 g/mol. The average Bonchev–Trinajstić information content (AvgIpc) is 2.72. The maximum absolute atomic E-state index is 9.92. The van der Waals surface area contributed by atoms with Gasteiger partial charge in [-0.3, -0.25) is 0 Å². The molecule has 0 aromatic carbocycles. The molecule has 2 aliphatic heterocycles. The van der Waals surface area contributed by atoms with E-state index in [0.717, 1.165) is 0 Å². The van der Waals surface area contributed by atoms with E-state index in [1.54, 1.807) is 0 Å². The smallest absolute Gasteiger partial charge is 0.218 e. The quantitative estimate of drug-likeness (QED) is 0.377. The Labute approximate surface area is 120 Å². The molecule has 9 nitrogen and oxygen atoms in total. The summed E-state index contributed by atoms with van der Waals surface area (Å²) in [6.45, 7) is -0.545. The Morgan fingerprint density at radius 2 is 1.95 bits per heavy atom. The average molecular weight is 308 g/mol. The summed E-state index contributed by atoms with van der Waals surface area (Å²) in [7, 11) is 1.41. The molecule has 0 aromatic heterocycles. The van der Waals surface area contributed by atoms with Crippen LogP contribution in [-0.2, 0) is 18.9 Å². The van der Waals surface area contributed by atoms with Crippen LogP contribution in [0.3, 0.4) is 0 Å². The molecular formula is C12H20O9. The van der Waals surface area contributed by atoms with E-state index < -0.39 is 43.4 Å². The third-order valence-electron chi connectivity index (χ3n) is 3.44. The molecule has 1 fully saturated rings. The second-order valence-electron chi connectivity index (χ2n) is 4.87. The van der Waals surface area contributed by atoms with E-state index in [0.29, 0.717) is 0 Å². The van der Waals surface area contributed by atoms with Crippen molar-refractivity contribution in [2.45, 2.75) is 36.8 Å². The topological polar surface area (TPSA) is 138 Å². The Morgan fingerprint density at radius 1 is 1.24 bits per heavy atom. The predicted molar refractivity (Wildman–Crippen MR) is 66.1 cm³/mol. The van der Waals surface area contributed by atoms with E-state index >= 15 is 0 Å². The molecule has 9 heteroatoms. The van der Waals surface area contributed by atoms with E-state index in [-0.39, 0.29) is 24.7 Å². The molecule has 122 valence electrons. The van der Waals surface area contributed by atoms with Gasteiger partial charge in [-0.15, -0.1) is 0 Å². The van der Waals surface area contributed by atoms with Gasteiger partial charge in [0.1, 0.15) is 24.4 Å². The first-order valence-electron chi connectivity index (χ1n) is 6.50. The monoisotopic (exact) mass is 308 g/mol. The third kappa shape index (κ3) is 3.29. The SMILES string of the molecule is COCC1OC(O)C(OC2COC(CO)C(O)C2O)=C1O. The molecule has 0 saturated carbocycles. The van der Waals surface area contributed by atoms with Crippen LogP contribution in [-0.4, -0.2) is 89.3 Å². The zero-order valence-electron chi connectivity index (χ0n) is 11.5. The van der Waals surface area contributed by atoms with Gasteiger partial charge in [-0.25, -0.2) is 0 Å². The van der Waals surface area contributed by atoms with Gasteiger partial charge in [-0.1, -0.05) is 0 Å². The first-order valence-corrected chi connectivity index (χ1v) is 6.50. The summed E-state index contributed by atoms with van der Waals surface area (Å²) in [5.41, 5.74) is 0. The molecule has 21 heavy (non-hydrogen) atoms. The molecule has 0 aromatic rings. The molecule has 6 unspecified atom stereocenters. The van der Waals surface area contributed by atoms with Gasteiger partial charge in [0, 0.05) is 7.11 Å². The first-order chi connectivity index (χ1) is 9.99. The van der Waals surface area contributed by atoms with Crippen LogP contribution >= 0.6 is 0 Å². The van der Waals surface area contributed by atoms with Crippen molar-refractivity contribution in [3.8, 4) is 0 Å². The van der Waals surface area contributed by atoms with Gasteiger partial charge >= 0.3 is 0 Å². The van der Waals surface area contributed by atoms with Crippen molar-refractivity contribution >= 4 is 0 Å². The number of methoxy groups -OCH3 is 1. The van der Waals surface area contributed by atoms with Crippen LogP contribution in [0.2, 0.25) is 0 Å². The fourth-order valence-electron chi connectivity index (χ4n) is 2.24. The number of hydrogen-bond acceptors (Lipinski definition) is 9. The molecule has 0 spiro atoms. The van der Waals surface area contributed by atoms with Gasteiger partial charge in [0.2, 0.25) is 6.29 Å². The summed E-state index contributed by atoms with van der Waals surface area (Å²) in [5, 5.41) is 48.2. The lowest BCUT2D eigenvalue weighted by Crippen LogP contribution is -2.55. The first kappa shape index (κ1) is 16.4. The maximum Gasteiger partial charge on any atom is 0.218 e. The van der Waals surface area contributed by atoms with Crippen LogP contribution < -0.4 is 0 Å². The minimum Gasteiger partial charge on any atom is -0.506 e. The molecule has 0 radical (unpaired) electrons. The van der Waals surface area contributed by atoms with E-state index in [4.69, 9.17) is 24.1 Å². The van der Waals surface area contributed by atoms with Crippen LogP contribution in [0.5, 0.6) is 0 Å². The zero-order chi connectivity index (χ0) is 15.6. The number of aliphatic hydroxyl groups is 5. The molecule has 0 amide bonds. The van der Waals surface area contributed by atoms with Gasteiger partial charge in [0.15, 0.2) is 17.6 Å².